The molecule has 0 saturated carbocycles. The number of ketones is 1. The number of nitrogens with zero attached hydrogens (tertiary/aromatic N) is 1. The molecule has 0 spiro atoms. The van der Waals surface area contributed by atoms with E-state index in [0.717, 1.165) is 0 Å². The number of hydrogen-bond acceptors (Lipinski definition) is 3. The smallest absolute Gasteiger partial charge is 0.231 e. The van der Waals surface area contributed by atoms with Crippen LogP contribution in [-0.4, -0.2) is 21.9 Å². The van der Waals surface area contributed by atoms with Crippen molar-refractivity contribution in [1.29, 1.82) is 0 Å². The van der Waals surface area contributed by atoms with Crippen molar-refractivity contribution >= 4 is 17.4 Å². The highest BCUT2D eigenvalue weighted by molar-refractivity contribution is 6.03. The molecule has 2 N–H and O–H groups in total. The average molecular weight is 167 g/mol. The molecule has 1 aromatic rings. The monoisotopic (exact) mass is 167 g/mol. The quantitative estimate of drug-likeness (QED) is 0.637. The van der Waals surface area contributed by atoms with Gasteiger partial charge in [0.2, 0.25) is 5.91 Å². The van der Waals surface area contributed by atoms with E-state index in [0.29, 0.717) is 5.69 Å². The highest BCUT2D eigenvalue weighted by atomic mass is 16.2. The maximum atomic E-state index is 10.9. The van der Waals surface area contributed by atoms with Gasteiger partial charge in [-0.25, -0.2) is 0 Å². The molecule has 0 aliphatic heterocycles. The van der Waals surface area contributed by atoms with Gasteiger partial charge in [0, 0.05) is 6.20 Å². The van der Waals surface area contributed by atoms with Crippen LogP contribution in [0.1, 0.15) is 13.3 Å². The largest absolute Gasteiger partial charge is 0.323 e. The van der Waals surface area contributed by atoms with Crippen molar-refractivity contribution in [3.8, 4) is 0 Å². The third-order valence-electron chi connectivity index (χ3n) is 1.19. The molecule has 1 rings (SSSR count). The topological polar surface area (TPSA) is 74.8 Å². The second-order valence-electron chi connectivity index (χ2n) is 2.41. The number of carbonyl (C=O) groups excluding carboxylic acids is 2. The van der Waals surface area contributed by atoms with Crippen molar-refractivity contribution in [3.05, 3.63) is 12.4 Å². The molecule has 12 heavy (non-hydrogen) atoms. The van der Waals surface area contributed by atoms with E-state index in [4.69, 9.17) is 0 Å². The SMILES string of the molecule is CC(=O)CC(=O)Nc1cn[nH]c1. The Kier molecular flexibility index (Phi) is 2.57. The zero-order valence-electron chi connectivity index (χ0n) is 6.63. The van der Waals surface area contributed by atoms with Gasteiger partial charge in [-0.3, -0.25) is 14.7 Å². The van der Waals surface area contributed by atoms with Crippen molar-refractivity contribution in [2.45, 2.75) is 13.3 Å². The van der Waals surface area contributed by atoms with Gasteiger partial charge < -0.3 is 5.32 Å². The Hall–Kier alpha value is -1.65. The van der Waals surface area contributed by atoms with Crippen molar-refractivity contribution < 1.29 is 9.59 Å². The van der Waals surface area contributed by atoms with Crippen molar-refractivity contribution in [3.63, 3.8) is 0 Å². The Balaban J connectivity index is 2.42. The average Bonchev–Trinajstić information content (AvgIpc) is 2.37. The fourth-order valence-electron chi connectivity index (χ4n) is 0.751. The normalized spacial score (nSPS) is 9.42. The number of aromatic amines is 1. The third-order valence-corrected chi connectivity index (χ3v) is 1.19. The van der Waals surface area contributed by atoms with Gasteiger partial charge in [-0.05, 0) is 6.92 Å². The molecule has 0 atom stereocenters. The summed E-state index contributed by atoms with van der Waals surface area (Å²) in [4.78, 5) is 21.4. The van der Waals surface area contributed by atoms with E-state index in [-0.39, 0.29) is 18.1 Å². The van der Waals surface area contributed by atoms with E-state index in [1.807, 2.05) is 0 Å². The number of carbonyl (C=O) groups is 2. The summed E-state index contributed by atoms with van der Waals surface area (Å²) in [6.45, 7) is 1.37. The molecule has 0 aromatic carbocycles. The van der Waals surface area contributed by atoms with Crippen LogP contribution in [0.4, 0.5) is 5.69 Å². The molecule has 1 aromatic heterocycles. The van der Waals surface area contributed by atoms with Crippen molar-refractivity contribution in [1.82, 2.24) is 10.2 Å². The Morgan fingerprint density at radius 3 is 2.92 bits per heavy atom. The Bertz CT molecular complexity index is 279. The van der Waals surface area contributed by atoms with Gasteiger partial charge >= 0.3 is 0 Å². The van der Waals surface area contributed by atoms with Crippen LogP contribution < -0.4 is 5.32 Å². The molecule has 0 unspecified atom stereocenters. The first-order valence-electron chi connectivity index (χ1n) is 3.46. The van der Waals surface area contributed by atoms with Gasteiger partial charge in [-0.1, -0.05) is 0 Å². The molecular weight excluding hydrogens is 158 g/mol. The standard InChI is InChI=1S/C7H9N3O2/c1-5(11)2-7(12)10-6-3-8-9-4-6/h3-4H,2H2,1H3,(H,8,9)(H,10,12). The minimum Gasteiger partial charge on any atom is -0.323 e. The molecular formula is C7H9N3O2. The van der Waals surface area contributed by atoms with Gasteiger partial charge in [0.15, 0.2) is 0 Å². The molecule has 0 fully saturated rings. The predicted molar refractivity (Wildman–Crippen MR) is 42.5 cm³/mol. The lowest BCUT2D eigenvalue weighted by atomic mass is 10.3. The lowest BCUT2D eigenvalue weighted by Crippen LogP contribution is -2.14. The van der Waals surface area contributed by atoms with E-state index in [1.165, 1.54) is 19.3 Å². The maximum absolute atomic E-state index is 10.9. The minimum atomic E-state index is -0.316. The van der Waals surface area contributed by atoms with Crippen LogP contribution >= 0.6 is 0 Å². The highest BCUT2D eigenvalue weighted by Gasteiger charge is 2.04. The number of Topliss-reactive ketones (excluding diaryl/α,β-unsaturated/α-hetero) is 1. The predicted octanol–water partition coefficient (Wildman–Crippen LogP) is 0.327. The fraction of sp³-hybridized carbons (Fsp3) is 0.286. The third kappa shape index (κ3) is 2.53. The van der Waals surface area contributed by atoms with Crippen molar-refractivity contribution in [2.75, 3.05) is 5.32 Å². The zero-order chi connectivity index (χ0) is 8.97. The highest BCUT2D eigenvalue weighted by Crippen LogP contribution is 2.01. The number of hydrogen-bond donors (Lipinski definition) is 2. The van der Waals surface area contributed by atoms with Gasteiger partial charge in [0.25, 0.3) is 0 Å². The van der Waals surface area contributed by atoms with Gasteiger partial charge in [-0.2, -0.15) is 5.10 Å². The first-order valence-corrected chi connectivity index (χ1v) is 3.46. The number of anilines is 1. The summed E-state index contributed by atoms with van der Waals surface area (Å²) in [5.41, 5.74) is 0.571. The first-order chi connectivity index (χ1) is 5.68. The number of rotatable bonds is 3. The molecule has 1 heterocycles. The van der Waals surface area contributed by atoms with Crippen LogP contribution in [0.3, 0.4) is 0 Å². The number of aromatic nitrogens is 2. The Morgan fingerprint density at radius 1 is 1.67 bits per heavy atom. The van der Waals surface area contributed by atoms with Crippen LogP contribution in [-0.2, 0) is 9.59 Å². The van der Waals surface area contributed by atoms with E-state index in [2.05, 4.69) is 15.5 Å². The van der Waals surface area contributed by atoms with Crippen LogP contribution in [0.25, 0.3) is 0 Å². The van der Waals surface area contributed by atoms with Gasteiger partial charge in [0.05, 0.1) is 18.3 Å². The molecule has 0 aliphatic carbocycles. The molecule has 5 nitrogen and oxygen atoms in total. The van der Waals surface area contributed by atoms with Crippen LogP contribution in [0.2, 0.25) is 0 Å². The lowest BCUT2D eigenvalue weighted by Gasteiger charge is -1.97. The molecule has 0 saturated heterocycles. The molecule has 0 bridgehead atoms. The number of amides is 1. The fourth-order valence-corrected chi connectivity index (χ4v) is 0.751. The molecule has 5 heteroatoms. The summed E-state index contributed by atoms with van der Waals surface area (Å²) in [6.07, 6.45) is 2.92. The number of nitrogens with one attached hydrogen (secondary N) is 2. The molecule has 64 valence electrons. The second kappa shape index (κ2) is 3.66. The van der Waals surface area contributed by atoms with E-state index in [1.54, 1.807) is 0 Å². The van der Waals surface area contributed by atoms with E-state index >= 15 is 0 Å². The Morgan fingerprint density at radius 2 is 2.42 bits per heavy atom. The Labute approximate surface area is 69.2 Å². The second-order valence-corrected chi connectivity index (χ2v) is 2.41. The zero-order valence-corrected chi connectivity index (χ0v) is 6.63. The van der Waals surface area contributed by atoms with Crippen molar-refractivity contribution in [2.24, 2.45) is 0 Å². The summed E-state index contributed by atoms with van der Waals surface area (Å²) in [5.74, 6) is -0.472. The maximum Gasteiger partial charge on any atom is 0.231 e. The van der Waals surface area contributed by atoms with Gasteiger partial charge in [0.1, 0.15) is 5.78 Å². The van der Waals surface area contributed by atoms with E-state index < -0.39 is 0 Å². The molecule has 1 amide bonds. The minimum absolute atomic E-state index is 0.0921. The molecule has 0 aliphatic rings. The summed E-state index contributed by atoms with van der Waals surface area (Å²) < 4.78 is 0. The van der Waals surface area contributed by atoms with Gasteiger partial charge in [-0.15, -0.1) is 0 Å². The summed E-state index contributed by atoms with van der Waals surface area (Å²) in [7, 11) is 0. The summed E-state index contributed by atoms with van der Waals surface area (Å²) in [5, 5.41) is 8.67. The van der Waals surface area contributed by atoms with Crippen LogP contribution in [0, 0.1) is 0 Å². The molecule has 0 radical (unpaired) electrons. The number of H-pyrrole nitrogens is 1. The summed E-state index contributed by atoms with van der Waals surface area (Å²) >= 11 is 0. The summed E-state index contributed by atoms with van der Waals surface area (Å²) in [6, 6.07) is 0. The lowest BCUT2D eigenvalue weighted by molar-refractivity contribution is -0.124. The van der Waals surface area contributed by atoms with E-state index in [9.17, 15) is 9.59 Å². The van der Waals surface area contributed by atoms with Crippen LogP contribution in [0.5, 0.6) is 0 Å². The first kappa shape index (κ1) is 8.45. The van der Waals surface area contributed by atoms with Crippen LogP contribution in [0.15, 0.2) is 12.4 Å².